The number of carbonyl (C=O) groups excluding carboxylic acids is 1. The van der Waals surface area contributed by atoms with E-state index in [0.717, 1.165) is 60.5 Å². The molecule has 166 valence electrons. The Labute approximate surface area is 193 Å². The Kier molecular flexibility index (Phi) is 5.98. The van der Waals surface area contributed by atoms with Crippen LogP contribution in [0.3, 0.4) is 0 Å². The first-order chi connectivity index (χ1) is 16.2. The molecule has 1 fully saturated rings. The second-order valence-corrected chi connectivity index (χ2v) is 8.68. The maximum Gasteiger partial charge on any atom is 0.276 e. The Morgan fingerprint density at radius 2 is 1.73 bits per heavy atom. The topological polar surface area (TPSA) is 71.0 Å². The molecule has 0 aliphatic carbocycles. The van der Waals surface area contributed by atoms with Crippen molar-refractivity contribution in [1.82, 2.24) is 15.2 Å². The lowest BCUT2D eigenvalue weighted by molar-refractivity contribution is 0.102. The van der Waals surface area contributed by atoms with Gasteiger partial charge in [0.05, 0.1) is 11.2 Å². The summed E-state index contributed by atoms with van der Waals surface area (Å²) < 4.78 is 0. The number of fused-ring (bicyclic) bond motifs is 1. The van der Waals surface area contributed by atoms with Gasteiger partial charge >= 0.3 is 0 Å². The molecule has 1 aliphatic heterocycles. The van der Waals surface area contributed by atoms with Crippen molar-refractivity contribution in [3.63, 3.8) is 0 Å². The SMILES string of the molecule is Cc1cc(NC(=O)c2ccc(N3CCC(Cc4ccccc4)CC3)nn2)c2ccccc2n1. The highest BCUT2D eigenvalue weighted by Gasteiger charge is 2.21. The third-order valence-electron chi connectivity index (χ3n) is 6.28. The fraction of sp³-hybridized carbons (Fsp3) is 0.259. The molecule has 0 unspecified atom stereocenters. The van der Waals surface area contributed by atoms with Gasteiger partial charge in [-0.2, -0.15) is 0 Å². The van der Waals surface area contributed by atoms with Crippen LogP contribution in [0.25, 0.3) is 10.9 Å². The van der Waals surface area contributed by atoms with E-state index in [9.17, 15) is 4.79 Å². The smallest absolute Gasteiger partial charge is 0.276 e. The number of benzene rings is 2. The largest absolute Gasteiger partial charge is 0.355 e. The number of pyridine rings is 1. The fourth-order valence-corrected chi connectivity index (χ4v) is 4.53. The zero-order valence-corrected chi connectivity index (χ0v) is 18.7. The summed E-state index contributed by atoms with van der Waals surface area (Å²) in [4.78, 5) is 19.6. The van der Waals surface area contributed by atoms with Crippen molar-refractivity contribution in [2.75, 3.05) is 23.3 Å². The van der Waals surface area contributed by atoms with E-state index in [1.807, 2.05) is 43.3 Å². The van der Waals surface area contributed by atoms with Gasteiger partial charge in [-0.05, 0) is 61.9 Å². The van der Waals surface area contributed by atoms with Crippen LogP contribution in [0.1, 0.15) is 34.6 Å². The summed E-state index contributed by atoms with van der Waals surface area (Å²) in [6.07, 6.45) is 3.39. The van der Waals surface area contributed by atoms with Gasteiger partial charge in [-0.3, -0.25) is 9.78 Å². The highest BCUT2D eigenvalue weighted by atomic mass is 16.1. The van der Waals surface area contributed by atoms with Crippen molar-refractivity contribution < 1.29 is 4.79 Å². The number of nitrogens with one attached hydrogen (secondary N) is 1. The quantitative estimate of drug-likeness (QED) is 0.473. The van der Waals surface area contributed by atoms with E-state index in [1.165, 1.54) is 5.56 Å². The van der Waals surface area contributed by atoms with Crippen LogP contribution in [0.5, 0.6) is 0 Å². The molecule has 1 aliphatic rings. The molecule has 33 heavy (non-hydrogen) atoms. The lowest BCUT2D eigenvalue weighted by Crippen LogP contribution is -2.35. The summed E-state index contributed by atoms with van der Waals surface area (Å²) in [5.41, 5.74) is 4.14. The third kappa shape index (κ3) is 4.85. The van der Waals surface area contributed by atoms with Gasteiger partial charge in [-0.1, -0.05) is 48.5 Å². The van der Waals surface area contributed by atoms with Crippen molar-refractivity contribution >= 4 is 28.3 Å². The minimum atomic E-state index is -0.272. The Morgan fingerprint density at radius 1 is 0.970 bits per heavy atom. The van der Waals surface area contributed by atoms with Crippen molar-refractivity contribution in [2.45, 2.75) is 26.2 Å². The van der Waals surface area contributed by atoms with Crippen molar-refractivity contribution in [3.05, 3.63) is 89.7 Å². The molecular formula is C27H27N5O. The monoisotopic (exact) mass is 437 g/mol. The van der Waals surface area contributed by atoms with E-state index in [4.69, 9.17) is 0 Å². The summed E-state index contributed by atoms with van der Waals surface area (Å²) >= 11 is 0. The van der Waals surface area contributed by atoms with Gasteiger partial charge in [0, 0.05) is 24.2 Å². The van der Waals surface area contributed by atoms with E-state index < -0.39 is 0 Å². The molecule has 3 heterocycles. The number of anilines is 2. The van der Waals surface area contributed by atoms with Gasteiger partial charge in [-0.25, -0.2) is 0 Å². The van der Waals surface area contributed by atoms with Crippen LogP contribution in [0.15, 0.2) is 72.8 Å². The number of piperidine rings is 1. The Balaban J connectivity index is 1.22. The van der Waals surface area contributed by atoms with Crippen LogP contribution >= 0.6 is 0 Å². The van der Waals surface area contributed by atoms with Crippen LogP contribution in [0.4, 0.5) is 11.5 Å². The molecule has 0 saturated carbocycles. The molecule has 2 aromatic carbocycles. The summed E-state index contributed by atoms with van der Waals surface area (Å²) in [5, 5.41) is 12.5. The standard InChI is InChI=1S/C27H27N5O/c1-19-17-25(22-9-5-6-10-23(22)28-19)29-27(33)24-11-12-26(31-30-24)32-15-13-21(14-16-32)18-20-7-3-2-4-8-20/h2-12,17,21H,13-16,18H2,1H3,(H,28,29,33). The van der Waals surface area contributed by atoms with E-state index in [-0.39, 0.29) is 5.91 Å². The van der Waals surface area contributed by atoms with Gasteiger partial charge in [-0.15, -0.1) is 10.2 Å². The number of rotatable bonds is 5. The average Bonchev–Trinajstić information content (AvgIpc) is 2.85. The summed E-state index contributed by atoms with van der Waals surface area (Å²) in [7, 11) is 0. The predicted octanol–water partition coefficient (Wildman–Crippen LogP) is 5.04. The molecule has 1 N–H and O–H groups in total. The third-order valence-corrected chi connectivity index (χ3v) is 6.28. The zero-order valence-electron chi connectivity index (χ0n) is 18.7. The van der Waals surface area contributed by atoms with Crippen LogP contribution in [-0.2, 0) is 6.42 Å². The molecule has 6 nitrogen and oxygen atoms in total. The fourth-order valence-electron chi connectivity index (χ4n) is 4.53. The van der Waals surface area contributed by atoms with E-state index in [1.54, 1.807) is 6.07 Å². The number of para-hydroxylation sites is 1. The highest BCUT2D eigenvalue weighted by Crippen LogP contribution is 2.25. The molecular weight excluding hydrogens is 410 g/mol. The molecule has 0 bridgehead atoms. The summed E-state index contributed by atoms with van der Waals surface area (Å²) in [5.74, 6) is 1.25. The minimum Gasteiger partial charge on any atom is -0.355 e. The molecule has 0 radical (unpaired) electrons. The molecule has 6 heteroatoms. The minimum absolute atomic E-state index is 0.272. The van der Waals surface area contributed by atoms with Crippen molar-refractivity contribution in [2.24, 2.45) is 5.92 Å². The number of carbonyl (C=O) groups is 1. The number of hydrogen-bond acceptors (Lipinski definition) is 5. The van der Waals surface area contributed by atoms with Crippen LogP contribution in [-0.4, -0.2) is 34.2 Å². The van der Waals surface area contributed by atoms with Crippen LogP contribution in [0.2, 0.25) is 0 Å². The van der Waals surface area contributed by atoms with Gasteiger partial charge in [0.1, 0.15) is 0 Å². The Hall–Kier alpha value is -3.80. The summed E-state index contributed by atoms with van der Waals surface area (Å²) in [6.45, 7) is 3.83. The molecule has 1 saturated heterocycles. The van der Waals surface area contributed by atoms with Crippen LogP contribution in [0, 0.1) is 12.8 Å². The number of nitrogens with zero attached hydrogens (tertiary/aromatic N) is 4. The van der Waals surface area contributed by atoms with Crippen LogP contribution < -0.4 is 10.2 Å². The highest BCUT2D eigenvalue weighted by molar-refractivity contribution is 6.07. The second-order valence-electron chi connectivity index (χ2n) is 8.68. The second kappa shape index (κ2) is 9.36. The predicted molar refractivity (Wildman–Crippen MR) is 132 cm³/mol. The first kappa shape index (κ1) is 21.1. The number of aromatic nitrogens is 3. The molecule has 0 spiro atoms. The molecule has 5 rings (SSSR count). The number of amides is 1. The van der Waals surface area contributed by atoms with E-state index in [2.05, 4.69) is 55.7 Å². The van der Waals surface area contributed by atoms with Gasteiger partial charge in [0.2, 0.25) is 0 Å². The zero-order chi connectivity index (χ0) is 22.6. The summed E-state index contributed by atoms with van der Waals surface area (Å²) in [6, 6.07) is 24.0. The maximum atomic E-state index is 12.8. The van der Waals surface area contributed by atoms with Gasteiger partial charge < -0.3 is 10.2 Å². The lowest BCUT2D eigenvalue weighted by Gasteiger charge is -2.32. The molecule has 0 atom stereocenters. The first-order valence-electron chi connectivity index (χ1n) is 11.5. The number of aryl methyl sites for hydroxylation is 1. The van der Waals surface area contributed by atoms with Gasteiger partial charge in [0.25, 0.3) is 5.91 Å². The van der Waals surface area contributed by atoms with Crippen molar-refractivity contribution in [1.29, 1.82) is 0 Å². The Bertz CT molecular complexity index is 1250. The van der Waals surface area contributed by atoms with E-state index >= 15 is 0 Å². The normalized spacial score (nSPS) is 14.4. The Morgan fingerprint density at radius 3 is 2.48 bits per heavy atom. The lowest BCUT2D eigenvalue weighted by atomic mass is 9.90. The molecule has 4 aromatic rings. The average molecular weight is 438 g/mol. The van der Waals surface area contributed by atoms with E-state index in [0.29, 0.717) is 11.6 Å². The van der Waals surface area contributed by atoms with Gasteiger partial charge in [0.15, 0.2) is 11.5 Å². The molecule has 1 amide bonds. The maximum absolute atomic E-state index is 12.8. The first-order valence-corrected chi connectivity index (χ1v) is 11.5. The molecule has 2 aromatic heterocycles. The number of hydrogen-bond donors (Lipinski definition) is 1. The van der Waals surface area contributed by atoms with Crippen molar-refractivity contribution in [3.8, 4) is 0 Å².